The summed E-state index contributed by atoms with van der Waals surface area (Å²) in [4.78, 5) is 24.7. The molecule has 0 aromatic heterocycles. The Balaban J connectivity index is 1.57. The summed E-state index contributed by atoms with van der Waals surface area (Å²) in [5, 5.41) is 2.86. The molecule has 0 spiro atoms. The van der Waals surface area contributed by atoms with E-state index in [1.807, 2.05) is 0 Å². The minimum absolute atomic E-state index is 0.0248. The van der Waals surface area contributed by atoms with E-state index in [0.29, 0.717) is 23.9 Å². The summed E-state index contributed by atoms with van der Waals surface area (Å²) in [5.41, 5.74) is 0.453. The SMILES string of the molecule is COc1ccccc1NS(=O)(=O)c1ccc(C(=O)OC(C)C(=O)NCC2CCCCC2)cc1. The number of carbonyl (C=O) groups is 2. The number of benzene rings is 2. The van der Waals surface area contributed by atoms with Crippen molar-refractivity contribution in [3.63, 3.8) is 0 Å². The number of sulfonamides is 1. The lowest BCUT2D eigenvalue weighted by Gasteiger charge is -2.22. The molecule has 1 saturated carbocycles. The molecule has 2 aromatic rings. The molecule has 2 N–H and O–H groups in total. The zero-order chi connectivity index (χ0) is 23.8. The highest BCUT2D eigenvalue weighted by Gasteiger charge is 2.22. The number of nitrogens with one attached hydrogen (secondary N) is 2. The average molecular weight is 475 g/mol. The van der Waals surface area contributed by atoms with E-state index < -0.39 is 22.1 Å². The summed E-state index contributed by atoms with van der Waals surface area (Å²) in [6.45, 7) is 2.11. The van der Waals surface area contributed by atoms with Crippen LogP contribution in [0.1, 0.15) is 49.4 Å². The molecule has 178 valence electrons. The third kappa shape index (κ3) is 6.71. The van der Waals surface area contributed by atoms with Crippen molar-refractivity contribution < 1.29 is 27.5 Å². The van der Waals surface area contributed by atoms with Gasteiger partial charge in [0.05, 0.1) is 23.3 Å². The topological polar surface area (TPSA) is 111 Å². The van der Waals surface area contributed by atoms with E-state index in [-0.39, 0.29) is 16.4 Å². The number of esters is 1. The summed E-state index contributed by atoms with van der Waals surface area (Å²) < 4.78 is 38.3. The predicted octanol–water partition coefficient (Wildman–Crippen LogP) is 3.74. The average Bonchev–Trinajstić information content (AvgIpc) is 2.83. The maximum absolute atomic E-state index is 12.7. The van der Waals surface area contributed by atoms with Gasteiger partial charge >= 0.3 is 5.97 Å². The Kier molecular flexibility index (Phi) is 8.32. The molecule has 3 rings (SSSR count). The molecule has 0 heterocycles. The molecule has 1 aliphatic rings. The molecule has 1 atom stereocenters. The molecule has 0 saturated heterocycles. The molecule has 33 heavy (non-hydrogen) atoms. The highest BCUT2D eigenvalue weighted by molar-refractivity contribution is 7.92. The largest absolute Gasteiger partial charge is 0.495 e. The standard InChI is InChI=1S/C24H30N2O6S/c1-17(23(27)25-16-18-8-4-3-5-9-18)32-24(28)19-12-14-20(15-13-19)33(29,30)26-21-10-6-7-11-22(21)31-2/h6-7,10-15,17-18,26H,3-5,8-9,16H2,1-2H3,(H,25,27). The van der Waals surface area contributed by atoms with E-state index in [1.54, 1.807) is 24.3 Å². The first-order valence-electron chi connectivity index (χ1n) is 11.0. The van der Waals surface area contributed by atoms with Crippen LogP contribution in [0.15, 0.2) is 53.4 Å². The molecule has 8 nitrogen and oxygen atoms in total. The van der Waals surface area contributed by atoms with Gasteiger partial charge in [-0.3, -0.25) is 9.52 Å². The first-order valence-corrected chi connectivity index (χ1v) is 12.5. The Hall–Kier alpha value is -3.07. The van der Waals surface area contributed by atoms with Crippen LogP contribution in [-0.2, 0) is 19.6 Å². The Morgan fingerprint density at radius 1 is 1.03 bits per heavy atom. The number of anilines is 1. The van der Waals surface area contributed by atoms with Crippen LogP contribution in [0.4, 0.5) is 5.69 Å². The maximum atomic E-state index is 12.7. The van der Waals surface area contributed by atoms with Gasteiger partial charge in [0.1, 0.15) is 5.75 Å². The van der Waals surface area contributed by atoms with E-state index in [0.717, 1.165) is 12.8 Å². The van der Waals surface area contributed by atoms with Gasteiger partial charge in [0.2, 0.25) is 0 Å². The normalized spacial score (nSPS) is 15.3. The summed E-state index contributed by atoms with van der Waals surface area (Å²) in [6.07, 6.45) is 4.88. The van der Waals surface area contributed by atoms with Gasteiger partial charge in [-0.25, -0.2) is 13.2 Å². The van der Waals surface area contributed by atoms with Crippen LogP contribution in [0.3, 0.4) is 0 Å². The van der Waals surface area contributed by atoms with E-state index in [1.165, 1.54) is 57.6 Å². The molecule has 1 unspecified atom stereocenters. The molecule has 1 fully saturated rings. The first-order chi connectivity index (χ1) is 15.8. The lowest BCUT2D eigenvalue weighted by molar-refractivity contribution is -0.129. The smallest absolute Gasteiger partial charge is 0.338 e. The summed E-state index contributed by atoms with van der Waals surface area (Å²) >= 11 is 0. The predicted molar refractivity (Wildman–Crippen MR) is 125 cm³/mol. The molecule has 0 bridgehead atoms. The van der Waals surface area contributed by atoms with Crippen LogP contribution in [0, 0.1) is 5.92 Å². The van der Waals surface area contributed by atoms with Crippen molar-refractivity contribution in [2.24, 2.45) is 5.92 Å². The molecule has 0 radical (unpaired) electrons. The summed E-state index contributed by atoms with van der Waals surface area (Å²) in [7, 11) is -2.44. The first kappa shape index (κ1) is 24.6. The van der Waals surface area contributed by atoms with Gasteiger partial charge in [0.15, 0.2) is 6.10 Å². The number of hydrogen-bond acceptors (Lipinski definition) is 6. The van der Waals surface area contributed by atoms with Crippen LogP contribution in [0.2, 0.25) is 0 Å². The Bertz CT molecular complexity index is 1060. The molecule has 2 aromatic carbocycles. The van der Waals surface area contributed by atoms with Gasteiger partial charge in [-0.05, 0) is 62.1 Å². The number of rotatable bonds is 9. The number of amides is 1. The van der Waals surface area contributed by atoms with Gasteiger partial charge in [0.25, 0.3) is 15.9 Å². The minimum atomic E-state index is -3.89. The van der Waals surface area contributed by atoms with E-state index >= 15 is 0 Å². The van der Waals surface area contributed by atoms with Crippen molar-refractivity contribution >= 4 is 27.6 Å². The second kappa shape index (κ2) is 11.2. The second-order valence-corrected chi connectivity index (χ2v) is 9.81. The van der Waals surface area contributed by atoms with E-state index in [2.05, 4.69) is 10.0 Å². The molecule has 1 amide bonds. The van der Waals surface area contributed by atoms with Crippen LogP contribution >= 0.6 is 0 Å². The molecule has 9 heteroatoms. The van der Waals surface area contributed by atoms with Crippen molar-refractivity contribution in [2.75, 3.05) is 18.4 Å². The van der Waals surface area contributed by atoms with E-state index in [9.17, 15) is 18.0 Å². The van der Waals surface area contributed by atoms with Crippen molar-refractivity contribution in [3.8, 4) is 5.75 Å². The van der Waals surface area contributed by atoms with Crippen LogP contribution in [0.25, 0.3) is 0 Å². The highest BCUT2D eigenvalue weighted by atomic mass is 32.2. The monoisotopic (exact) mass is 474 g/mol. The number of carbonyl (C=O) groups excluding carboxylic acids is 2. The van der Waals surface area contributed by atoms with Gasteiger partial charge < -0.3 is 14.8 Å². The Morgan fingerprint density at radius 3 is 2.36 bits per heavy atom. The number of para-hydroxylation sites is 2. The van der Waals surface area contributed by atoms with E-state index in [4.69, 9.17) is 9.47 Å². The fourth-order valence-corrected chi connectivity index (χ4v) is 4.84. The van der Waals surface area contributed by atoms with Crippen LogP contribution in [0.5, 0.6) is 5.75 Å². The Labute approximate surface area is 194 Å². The van der Waals surface area contributed by atoms with Gasteiger partial charge in [-0.1, -0.05) is 31.4 Å². The zero-order valence-corrected chi connectivity index (χ0v) is 19.7. The molecule has 0 aliphatic heterocycles. The number of ether oxygens (including phenoxy) is 2. The van der Waals surface area contributed by atoms with Crippen molar-refractivity contribution in [1.82, 2.24) is 5.32 Å². The van der Waals surface area contributed by atoms with Crippen molar-refractivity contribution in [1.29, 1.82) is 0 Å². The lowest BCUT2D eigenvalue weighted by Crippen LogP contribution is -2.38. The third-order valence-corrected chi connectivity index (χ3v) is 7.08. The lowest BCUT2D eigenvalue weighted by atomic mass is 9.89. The maximum Gasteiger partial charge on any atom is 0.338 e. The van der Waals surface area contributed by atoms with Gasteiger partial charge in [0, 0.05) is 6.54 Å². The summed E-state index contributed by atoms with van der Waals surface area (Å²) in [6, 6.07) is 12.0. The van der Waals surface area contributed by atoms with Crippen LogP contribution in [-0.4, -0.2) is 40.1 Å². The molecular formula is C24H30N2O6S. The fraction of sp³-hybridized carbons (Fsp3) is 0.417. The van der Waals surface area contributed by atoms with Crippen LogP contribution < -0.4 is 14.8 Å². The molecular weight excluding hydrogens is 444 g/mol. The fourth-order valence-electron chi connectivity index (χ4n) is 3.76. The van der Waals surface area contributed by atoms with Gasteiger partial charge in [-0.2, -0.15) is 0 Å². The quantitative estimate of drug-likeness (QED) is 0.536. The van der Waals surface area contributed by atoms with Crippen molar-refractivity contribution in [3.05, 3.63) is 54.1 Å². The third-order valence-electron chi connectivity index (χ3n) is 5.69. The van der Waals surface area contributed by atoms with Crippen molar-refractivity contribution in [2.45, 2.75) is 50.0 Å². The number of hydrogen-bond donors (Lipinski definition) is 2. The number of methoxy groups -OCH3 is 1. The zero-order valence-electron chi connectivity index (χ0n) is 18.9. The van der Waals surface area contributed by atoms with Gasteiger partial charge in [-0.15, -0.1) is 0 Å². The minimum Gasteiger partial charge on any atom is -0.495 e. The Morgan fingerprint density at radius 2 is 1.70 bits per heavy atom. The highest BCUT2D eigenvalue weighted by Crippen LogP contribution is 2.26. The summed E-state index contributed by atoms with van der Waals surface area (Å²) in [5.74, 6) is -0.173. The second-order valence-electron chi connectivity index (χ2n) is 8.13. The molecule has 1 aliphatic carbocycles.